The van der Waals surface area contributed by atoms with E-state index in [1.807, 2.05) is 11.9 Å². The zero-order valence-electron chi connectivity index (χ0n) is 16.9. The van der Waals surface area contributed by atoms with Gasteiger partial charge in [-0.2, -0.15) is 5.10 Å². The first-order valence-electron chi connectivity index (χ1n) is 10.5. The molecular formula is C21H30N4O2S. The minimum Gasteiger partial charge on any atom is -0.378 e. The molecule has 0 radical (unpaired) electrons. The van der Waals surface area contributed by atoms with E-state index in [1.54, 1.807) is 11.8 Å². The molecule has 1 aliphatic carbocycles. The number of morpholine rings is 1. The number of allylic oxidation sites excluding steroid dienone is 1. The summed E-state index contributed by atoms with van der Waals surface area (Å²) < 4.78 is 7.62. The molecule has 1 amide bonds. The first-order chi connectivity index (χ1) is 13.7. The molecule has 152 valence electrons. The predicted molar refractivity (Wildman–Crippen MR) is 114 cm³/mol. The summed E-state index contributed by atoms with van der Waals surface area (Å²) in [6.07, 6.45) is 9.25. The molecule has 3 heterocycles. The van der Waals surface area contributed by atoms with Crippen molar-refractivity contribution >= 4 is 28.3 Å². The summed E-state index contributed by atoms with van der Waals surface area (Å²) in [5, 5.41) is 6.03. The minimum absolute atomic E-state index is 0.0578. The van der Waals surface area contributed by atoms with Crippen molar-refractivity contribution in [3.63, 3.8) is 0 Å². The molecule has 0 atom stereocenters. The van der Waals surface area contributed by atoms with Gasteiger partial charge in [0.15, 0.2) is 5.69 Å². The van der Waals surface area contributed by atoms with E-state index in [1.165, 1.54) is 19.3 Å². The van der Waals surface area contributed by atoms with E-state index < -0.39 is 0 Å². The molecule has 0 bridgehead atoms. The zero-order valence-corrected chi connectivity index (χ0v) is 17.8. The molecule has 3 aliphatic rings. The molecule has 0 aromatic carbocycles. The fourth-order valence-corrected chi connectivity index (χ4v) is 5.48. The Labute approximate surface area is 171 Å². The Morgan fingerprint density at radius 3 is 2.71 bits per heavy atom. The number of aliphatic imine (C=N–C) groups is 1. The molecule has 1 aromatic heterocycles. The van der Waals surface area contributed by atoms with Crippen molar-refractivity contribution in [1.29, 1.82) is 0 Å². The lowest BCUT2D eigenvalue weighted by molar-refractivity contribution is 0.0297. The van der Waals surface area contributed by atoms with Gasteiger partial charge in [0.25, 0.3) is 5.91 Å². The normalized spacial score (nSPS) is 24.0. The maximum atomic E-state index is 13.3. The van der Waals surface area contributed by atoms with Gasteiger partial charge in [0.05, 0.1) is 30.0 Å². The Kier molecular flexibility index (Phi) is 6.21. The number of amides is 1. The third kappa shape index (κ3) is 3.66. The van der Waals surface area contributed by atoms with Gasteiger partial charge in [-0.05, 0) is 19.3 Å². The van der Waals surface area contributed by atoms with Gasteiger partial charge >= 0.3 is 0 Å². The monoisotopic (exact) mass is 402 g/mol. The van der Waals surface area contributed by atoms with Crippen LogP contribution in [0.25, 0.3) is 5.57 Å². The van der Waals surface area contributed by atoms with Crippen LogP contribution in [0, 0.1) is 0 Å². The Bertz CT molecular complexity index is 787. The second-order valence-corrected chi connectivity index (χ2v) is 8.62. The van der Waals surface area contributed by atoms with Crippen molar-refractivity contribution in [3.8, 4) is 0 Å². The largest absolute Gasteiger partial charge is 0.378 e. The predicted octanol–water partition coefficient (Wildman–Crippen LogP) is 3.93. The number of carbonyl (C=O) groups is 1. The minimum atomic E-state index is 0.0578. The van der Waals surface area contributed by atoms with Gasteiger partial charge in [0.2, 0.25) is 0 Å². The van der Waals surface area contributed by atoms with Gasteiger partial charge in [0, 0.05) is 37.0 Å². The molecule has 2 fully saturated rings. The van der Waals surface area contributed by atoms with Gasteiger partial charge < -0.3 is 9.64 Å². The van der Waals surface area contributed by atoms with Crippen LogP contribution in [0.15, 0.2) is 11.1 Å². The van der Waals surface area contributed by atoms with Crippen molar-refractivity contribution in [2.24, 2.45) is 4.99 Å². The van der Waals surface area contributed by atoms with E-state index in [0.717, 1.165) is 46.9 Å². The van der Waals surface area contributed by atoms with Crippen molar-refractivity contribution < 1.29 is 9.53 Å². The summed E-state index contributed by atoms with van der Waals surface area (Å²) in [5.74, 6) is 0.823. The molecule has 4 rings (SSSR count). The van der Waals surface area contributed by atoms with Gasteiger partial charge in [-0.3, -0.25) is 14.5 Å². The number of thioether (sulfide) groups is 1. The zero-order chi connectivity index (χ0) is 19.5. The van der Waals surface area contributed by atoms with E-state index in [9.17, 15) is 4.79 Å². The molecule has 7 heteroatoms. The van der Waals surface area contributed by atoms with E-state index in [-0.39, 0.29) is 5.91 Å². The fraction of sp³-hybridized carbons (Fsp3) is 0.667. The molecule has 28 heavy (non-hydrogen) atoms. The number of ether oxygens (including phenoxy) is 1. The van der Waals surface area contributed by atoms with E-state index in [0.29, 0.717) is 38.0 Å². The molecule has 0 N–H and O–H groups in total. The number of hydrogen-bond acceptors (Lipinski definition) is 5. The van der Waals surface area contributed by atoms with Crippen LogP contribution in [-0.4, -0.2) is 59.0 Å². The Morgan fingerprint density at radius 1 is 1.29 bits per heavy atom. The van der Waals surface area contributed by atoms with E-state index in [4.69, 9.17) is 9.84 Å². The summed E-state index contributed by atoms with van der Waals surface area (Å²) in [6, 6.07) is 0.384. The lowest BCUT2D eigenvalue weighted by Crippen LogP contribution is -2.41. The second-order valence-electron chi connectivity index (χ2n) is 7.66. The van der Waals surface area contributed by atoms with Crippen LogP contribution in [-0.2, 0) is 10.5 Å². The van der Waals surface area contributed by atoms with Gasteiger partial charge in [0.1, 0.15) is 0 Å². The van der Waals surface area contributed by atoms with Gasteiger partial charge in [-0.1, -0.05) is 32.3 Å². The topological polar surface area (TPSA) is 59.7 Å². The van der Waals surface area contributed by atoms with E-state index in [2.05, 4.69) is 22.7 Å². The molecule has 0 spiro atoms. The Morgan fingerprint density at radius 2 is 2.04 bits per heavy atom. The summed E-state index contributed by atoms with van der Waals surface area (Å²) in [7, 11) is 1.86. The number of rotatable bonds is 3. The van der Waals surface area contributed by atoms with Crippen molar-refractivity contribution in [3.05, 3.63) is 23.0 Å². The molecule has 2 aliphatic heterocycles. The summed E-state index contributed by atoms with van der Waals surface area (Å²) >= 11 is 1.73. The van der Waals surface area contributed by atoms with Crippen LogP contribution in [0.4, 0.5) is 0 Å². The molecular weight excluding hydrogens is 372 g/mol. The fourth-order valence-electron chi connectivity index (χ4n) is 4.46. The van der Waals surface area contributed by atoms with Crippen LogP contribution in [0.2, 0.25) is 0 Å². The SMILES string of the molecule is CC/C=C1\C(=NC)SCc2c(C(=O)N3CCOCC3)nn(C3CCCCC3)c21. The number of fused-ring (bicyclic) bond motifs is 1. The summed E-state index contributed by atoms with van der Waals surface area (Å²) in [4.78, 5) is 19.8. The average molecular weight is 403 g/mol. The quantitative estimate of drug-likeness (QED) is 0.769. The highest BCUT2D eigenvalue weighted by molar-refractivity contribution is 8.14. The van der Waals surface area contributed by atoms with Crippen molar-refractivity contribution in [2.45, 2.75) is 57.2 Å². The maximum Gasteiger partial charge on any atom is 0.274 e. The lowest BCUT2D eigenvalue weighted by atomic mass is 9.94. The molecule has 1 saturated carbocycles. The van der Waals surface area contributed by atoms with Crippen LogP contribution < -0.4 is 0 Å². The Hall–Kier alpha value is -1.60. The standard InChI is InChI=1S/C21H30N4O2S/c1-3-7-16-19-17(14-28-20(16)22-2)18(21(26)24-10-12-27-13-11-24)23-25(19)15-8-5-4-6-9-15/h7,15H,3-6,8-14H2,1-2H3/b16-7-,22-20?. The third-order valence-electron chi connectivity index (χ3n) is 5.88. The number of nitrogens with zero attached hydrogens (tertiary/aromatic N) is 4. The summed E-state index contributed by atoms with van der Waals surface area (Å²) in [6.45, 7) is 4.67. The smallest absolute Gasteiger partial charge is 0.274 e. The second kappa shape index (κ2) is 8.82. The van der Waals surface area contributed by atoms with Crippen LogP contribution >= 0.6 is 11.8 Å². The molecule has 6 nitrogen and oxygen atoms in total. The lowest BCUT2D eigenvalue weighted by Gasteiger charge is -2.27. The Balaban J connectivity index is 1.80. The molecule has 1 saturated heterocycles. The van der Waals surface area contributed by atoms with Crippen LogP contribution in [0.3, 0.4) is 0 Å². The first-order valence-corrected chi connectivity index (χ1v) is 11.5. The van der Waals surface area contributed by atoms with Gasteiger partial charge in [-0.25, -0.2) is 0 Å². The maximum absolute atomic E-state index is 13.3. The highest BCUT2D eigenvalue weighted by atomic mass is 32.2. The van der Waals surface area contributed by atoms with Crippen LogP contribution in [0.1, 0.15) is 73.2 Å². The summed E-state index contributed by atoms with van der Waals surface area (Å²) in [5.41, 5.74) is 4.05. The number of hydrogen-bond donors (Lipinski definition) is 0. The highest BCUT2D eigenvalue weighted by Gasteiger charge is 2.35. The van der Waals surface area contributed by atoms with Crippen molar-refractivity contribution in [1.82, 2.24) is 14.7 Å². The van der Waals surface area contributed by atoms with E-state index >= 15 is 0 Å². The molecule has 1 aromatic rings. The molecule has 0 unspecified atom stereocenters. The average Bonchev–Trinajstić information content (AvgIpc) is 3.15. The number of carbonyl (C=O) groups excluding carboxylic acids is 1. The van der Waals surface area contributed by atoms with Gasteiger partial charge in [-0.15, -0.1) is 11.8 Å². The number of aromatic nitrogens is 2. The first kappa shape index (κ1) is 19.7. The van der Waals surface area contributed by atoms with Crippen LogP contribution in [0.5, 0.6) is 0 Å². The van der Waals surface area contributed by atoms with Crippen molar-refractivity contribution in [2.75, 3.05) is 33.4 Å². The third-order valence-corrected chi connectivity index (χ3v) is 6.99. The highest BCUT2D eigenvalue weighted by Crippen LogP contribution is 2.41.